The summed E-state index contributed by atoms with van der Waals surface area (Å²) in [7, 11) is 4.19. The van der Waals surface area contributed by atoms with E-state index in [1.54, 1.807) is 7.11 Å². The van der Waals surface area contributed by atoms with Crippen molar-refractivity contribution in [2.24, 2.45) is 11.3 Å². The SMILES string of the molecule is COC(=O)C1(C(=O)OC)CCC1/C=C/c1ccc(OC)cc1. The van der Waals surface area contributed by atoms with E-state index in [4.69, 9.17) is 14.2 Å². The fraction of sp³-hybridized carbons (Fsp3) is 0.412. The van der Waals surface area contributed by atoms with Gasteiger partial charge in [-0.2, -0.15) is 0 Å². The summed E-state index contributed by atoms with van der Waals surface area (Å²) in [6.07, 6.45) is 4.96. The van der Waals surface area contributed by atoms with Gasteiger partial charge in [0.25, 0.3) is 0 Å². The first-order valence-electron chi connectivity index (χ1n) is 7.07. The van der Waals surface area contributed by atoms with Crippen LogP contribution in [0.15, 0.2) is 30.3 Å². The largest absolute Gasteiger partial charge is 0.497 e. The van der Waals surface area contributed by atoms with Crippen molar-refractivity contribution in [1.29, 1.82) is 0 Å². The summed E-state index contributed by atoms with van der Waals surface area (Å²) in [5.74, 6) is -0.501. The van der Waals surface area contributed by atoms with Gasteiger partial charge in [-0.25, -0.2) is 0 Å². The number of esters is 2. The summed E-state index contributed by atoms with van der Waals surface area (Å²) < 4.78 is 14.7. The average molecular weight is 304 g/mol. The third kappa shape index (κ3) is 2.71. The Hall–Kier alpha value is -2.30. The molecule has 0 aliphatic heterocycles. The molecule has 5 heteroatoms. The lowest BCUT2D eigenvalue weighted by Crippen LogP contribution is -2.53. The Morgan fingerprint density at radius 2 is 1.68 bits per heavy atom. The Balaban J connectivity index is 2.18. The Labute approximate surface area is 129 Å². The normalized spacial score (nSPS) is 19.3. The van der Waals surface area contributed by atoms with Gasteiger partial charge in [-0.15, -0.1) is 0 Å². The molecule has 1 atom stereocenters. The molecule has 1 aliphatic rings. The van der Waals surface area contributed by atoms with E-state index in [9.17, 15) is 9.59 Å². The maximum absolute atomic E-state index is 12.0. The van der Waals surface area contributed by atoms with Crippen LogP contribution in [0.2, 0.25) is 0 Å². The third-order valence-electron chi connectivity index (χ3n) is 4.22. The van der Waals surface area contributed by atoms with Crippen LogP contribution in [0.25, 0.3) is 6.08 Å². The summed E-state index contributed by atoms with van der Waals surface area (Å²) >= 11 is 0. The summed E-state index contributed by atoms with van der Waals surface area (Å²) in [6.45, 7) is 0. The van der Waals surface area contributed by atoms with Gasteiger partial charge in [-0.3, -0.25) is 9.59 Å². The molecule has 5 nitrogen and oxygen atoms in total. The summed E-state index contributed by atoms with van der Waals surface area (Å²) in [5.41, 5.74) is -0.233. The van der Waals surface area contributed by atoms with Crippen molar-refractivity contribution in [1.82, 2.24) is 0 Å². The van der Waals surface area contributed by atoms with Crippen LogP contribution in [-0.4, -0.2) is 33.3 Å². The first-order valence-corrected chi connectivity index (χ1v) is 7.07. The van der Waals surface area contributed by atoms with Gasteiger partial charge in [-0.1, -0.05) is 24.3 Å². The predicted octanol–water partition coefficient (Wildman–Crippen LogP) is 2.45. The van der Waals surface area contributed by atoms with Crippen molar-refractivity contribution in [2.45, 2.75) is 12.8 Å². The molecule has 2 rings (SSSR count). The van der Waals surface area contributed by atoms with Crippen LogP contribution in [0.1, 0.15) is 18.4 Å². The molecule has 118 valence electrons. The predicted molar refractivity (Wildman–Crippen MR) is 81.2 cm³/mol. The lowest BCUT2D eigenvalue weighted by molar-refractivity contribution is -0.180. The van der Waals surface area contributed by atoms with Crippen LogP contribution in [0.3, 0.4) is 0 Å². The number of carbonyl (C=O) groups excluding carboxylic acids is 2. The van der Waals surface area contributed by atoms with Gasteiger partial charge >= 0.3 is 11.9 Å². The van der Waals surface area contributed by atoms with Gasteiger partial charge in [0.1, 0.15) is 5.75 Å². The van der Waals surface area contributed by atoms with E-state index in [-0.39, 0.29) is 5.92 Å². The van der Waals surface area contributed by atoms with E-state index in [1.165, 1.54) is 14.2 Å². The zero-order valence-electron chi connectivity index (χ0n) is 13.0. The van der Waals surface area contributed by atoms with Crippen molar-refractivity contribution in [3.05, 3.63) is 35.9 Å². The highest BCUT2D eigenvalue weighted by atomic mass is 16.5. The standard InChI is InChI=1S/C17H20O5/c1-20-14-8-5-12(6-9-14)4-7-13-10-11-17(13,15(18)21-2)16(19)22-3/h4-9,13H,10-11H2,1-3H3/b7-4+. The van der Waals surface area contributed by atoms with Crippen LogP contribution < -0.4 is 4.74 Å². The summed E-state index contributed by atoms with van der Waals surface area (Å²) in [6, 6.07) is 7.53. The molecular weight excluding hydrogens is 284 g/mol. The quantitative estimate of drug-likeness (QED) is 0.617. The Morgan fingerprint density at radius 1 is 1.09 bits per heavy atom. The highest BCUT2D eigenvalue weighted by molar-refractivity contribution is 6.01. The van der Waals surface area contributed by atoms with Crippen LogP contribution in [0, 0.1) is 11.3 Å². The van der Waals surface area contributed by atoms with Crippen LogP contribution in [0.5, 0.6) is 5.75 Å². The monoisotopic (exact) mass is 304 g/mol. The molecule has 0 amide bonds. The molecule has 1 aromatic rings. The molecule has 0 saturated heterocycles. The number of rotatable bonds is 5. The first kappa shape index (κ1) is 16.1. The highest BCUT2D eigenvalue weighted by Gasteiger charge is 2.59. The second-order valence-corrected chi connectivity index (χ2v) is 5.23. The molecule has 1 fully saturated rings. The molecule has 0 bridgehead atoms. The molecule has 1 aliphatic carbocycles. The molecule has 0 N–H and O–H groups in total. The van der Waals surface area contributed by atoms with Gasteiger partial charge < -0.3 is 14.2 Å². The molecule has 1 saturated carbocycles. The Morgan fingerprint density at radius 3 is 2.09 bits per heavy atom. The first-order chi connectivity index (χ1) is 10.6. The Bertz CT molecular complexity index is 557. The van der Waals surface area contributed by atoms with Crippen LogP contribution in [0.4, 0.5) is 0 Å². The highest BCUT2D eigenvalue weighted by Crippen LogP contribution is 2.49. The van der Waals surface area contributed by atoms with E-state index >= 15 is 0 Å². The van der Waals surface area contributed by atoms with E-state index in [0.29, 0.717) is 6.42 Å². The number of hydrogen-bond donors (Lipinski definition) is 0. The van der Waals surface area contributed by atoms with Gasteiger partial charge in [-0.05, 0) is 30.5 Å². The minimum atomic E-state index is -1.20. The van der Waals surface area contributed by atoms with Crippen molar-refractivity contribution >= 4 is 18.0 Å². The third-order valence-corrected chi connectivity index (χ3v) is 4.22. The maximum Gasteiger partial charge on any atom is 0.323 e. The van der Waals surface area contributed by atoms with Gasteiger partial charge in [0.2, 0.25) is 0 Å². The average Bonchev–Trinajstić information content (AvgIpc) is 2.54. The molecule has 1 aromatic carbocycles. The van der Waals surface area contributed by atoms with Crippen LogP contribution in [-0.2, 0) is 19.1 Å². The van der Waals surface area contributed by atoms with E-state index < -0.39 is 17.4 Å². The van der Waals surface area contributed by atoms with Crippen molar-refractivity contribution < 1.29 is 23.8 Å². The van der Waals surface area contributed by atoms with E-state index in [1.807, 2.05) is 36.4 Å². The van der Waals surface area contributed by atoms with E-state index in [2.05, 4.69) is 0 Å². The van der Waals surface area contributed by atoms with E-state index in [0.717, 1.165) is 17.7 Å². The topological polar surface area (TPSA) is 61.8 Å². The summed E-state index contributed by atoms with van der Waals surface area (Å²) in [4.78, 5) is 24.1. The zero-order chi connectivity index (χ0) is 16.2. The fourth-order valence-electron chi connectivity index (χ4n) is 2.76. The fourth-order valence-corrected chi connectivity index (χ4v) is 2.76. The summed E-state index contributed by atoms with van der Waals surface area (Å²) in [5, 5.41) is 0. The van der Waals surface area contributed by atoms with Gasteiger partial charge in [0.15, 0.2) is 5.41 Å². The van der Waals surface area contributed by atoms with Crippen molar-refractivity contribution in [2.75, 3.05) is 21.3 Å². The maximum atomic E-state index is 12.0. The molecule has 22 heavy (non-hydrogen) atoms. The molecule has 0 heterocycles. The van der Waals surface area contributed by atoms with Gasteiger partial charge in [0, 0.05) is 5.92 Å². The van der Waals surface area contributed by atoms with Crippen molar-refractivity contribution in [3.8, 4) is 5.75 Å². The number of hydrogen-bond acceptors (Lipinski definition) is 5. The zero-order valence-corrected chi connectivity index (χ0v) is 13.0. The molecular formula is C17H20O5. The smallest absolute Gasteiger partial charge is 0.323 e. The van der Waals surface area contributed by atoms with Crippen molar-refractivity contribution in [3.63, 3.8) is 0 Å². The lowest BCUT2D eigenvalue weighted by Gasteiger charge is -2.42. The minimum Gasteiger partial charge on any atom is -0.497 e. The number of carbonyl (C=O) groups is 2. The molecule has 0 aromatic heterocycles. The number of methoxy groups -OCH3 is 3. The number of allylic oxidation sites excluding steroid dienone is 1. The van der Waals surface area contributed by atoms with Gasteiger partial charge in [0.05, 0.1) is 21.3 Å². The lowest BCUT2D eigenvalue weighted by atomic mass is 9.59. The number of ether oxygens (including phenoxy) is 3. The Kier molecular flexibility index (Phi) is 4.85. The second kappa shape index (κ2) is 6.64. The molecule has 0 spiro atoms. The number of benzene rings is 1. The second-order valence-electron chi connectivity index (χ2n) is 5.23. The molecule has 1 unspecified atom stereocenters. The van der Waals surface area contributed by atoms with Crippen LogP contribution >= 0.6 is 0 Å². The molecule has 0 radical (unpaired) electrons. The minimum absolute atomic E-state index is 0.213.